The molecule has 1 aliphatic rings. The summed E-state index contributed by atoms with van der Waals surface area (Å²) in [5, 5.41) is 13.2. The lowest BCUT2D eigenvalue weighted by molar-refractivity contribution is 0.102. The fraction of sp³-hybridized carbons (Fsp3) is 0.200. The Labute approximate surface area is 228 Å². The molecule has 3 N–H and O–H groups in total. The average molecular weight is 535 g/mol. The first-order chi connectivity index (χ1) is 19.1. The second kappa shape index (κ2) is 9.76. The van der Waals surface area contributed by atoms with Crippen molar-refractivity contribution >= 4 is 39.1 Å². The minimum absolute atomic E-state index is 0.0729. The number of hydrogen-bond acceptors (Lipinski definition) is 7. The summed E-state index contributed by atoms with van der Waals surface area (Å²) in [7, 11) is 0. The molecule has 0 aliphatic carbocycles. The maximum Gasteiger partial charge on any atom is 0.169 e. The monoisotopic (exact) mass is 534 g/mol. The first-order valence-corrected chi connectivity index (χ1v) is 13.8. The number of aromatic nitrogens is 5. The predicted molar refractivity (Wildman–Crippen MR) is 154 cm³/mol. The van der Waals surface area contributed by atoms with E-state index in [1.165, 1.54) is 11.3 Å². The van der Waals surface area contributed by atoms with Crippen molar-refractivity contribution in [2.45, 2.75) is 25.9 Å². The fourth-order valence-electron chi connectivity index (χ4n) is 5.19. The zero-order chi connectivity index (χ0) is 26.3. The van der Waals surface area contributed by atoms with Crippen LogP contribution in [-0.4, -0.2) is 50.1 Å². The van der Waals surface area contributed by atoms with E-state index in [4.69, 9.17) is 4.74 Å². The number of ketones is 1. The normalized spacial score (nSPS) is 14.3. The number of aromatic amines is 2. The second-order valence-electron chi connectivity index (χ2n) is 9.83. The van der Waals surface area contributed by atoms with Gasteiger partial charge in [-0.05, 0) is 80.9 Å². The van der Waals surface area contributed by atoms with Gasteiger partial charge in [-0.15, -0.1) is 11.3 Å². The number of pyridine rings is 2. The summed E-state index contributed by atoms with van der Waals surface area (Å²) in [6.45, 7) is 3.56. The highest BCUT2D eigenvalue weighted by atomic mass is 32.1. The zero-order valence-electron chi connectivity index (χ0n) is 21.3. The van der Waals surface area contributed by atoms with Crippen LogP contribution < -0.4 is 10.1 Å². The van der Waals surface area contributed by atoms with Crippen molar-refractivity contribution in [3.05, 3.63) is 72.0 Å². The standard InChI is InChI=1S/C30H26N6O2S/c1-17(37)27-4-5-28(39-27)22-8-11-33-30-23(22)14-26(34-30)29-24-13-18(2-3-25(24)35-36-29)19-12-21(16-32-15-19)38-20-6-9-31-10-7-20/h2-5,8,11-16,20,31H,6-7,9-10H2,1H3,(H,33,34)(H,35,36). The Morgan fingerprint density at radius 2 is 1.90 bits per heavy atom. The summed E-state index contributed by atoms with van der Waals surface area (Å²) in [6, 6.07) is 16.3. The van der Waals surface area contributed by atoms with Gasteiger partial charge < -0.3 is 15.0 Å². The van der Waals surface area contributed by atoms with E-state index in [9.17, 15) is 4.79 Å². The zero-order valence-corrected chi connectivity index (χ0v) is 22.1. The van der Waals surface area contributed by atoms with Gasteiger partial charge in [0, 0.05) is 39.2 Å². The molecule has 0 atom stereocenters. The van der Waals surface area contributed by atoms with Gasteiger partial charge in [0.05, 0.1) is 22.3 Å². The molecular formula is C30H26N6O2S. The van der Waals surface area contributed by atoms with Gasteiger partial charge in [0.25, 0.3) is 0 Å². The molecule has 9 heteroatoms. The molecule has 0 spiro atoms. The maximum atomic E-state index is 11.8. The number of H-pyrrole nitrogens is 2. The van der Waals surface area contributed by atoms with Gasteiger partial charge in [-0.3, -0.25) is 14.9 Å². The SMILES string of the molecule is CC(=O)c1ccc(-c2ccnc3[nH]c(-c4n[nH]c5ccc(-c6cncc(OC7CCNCC7)c6)cc45)cc23)s1. The molecule has 1 saturated heterocycles. The third kappa shape index (κ3) is 4.49. The number of nitrogens with one attached hydrogen (secondary N) is 3. The summed E-state index contributed by atoms with van der Waals surface area (Å²) in [5.74, 6) is 0.867. The van der Waals surface area contributed by atoms with Crippen LogP contribution in [-0.2, 0) is 0 Å². The van der Waals surface area contributed by atoms with Crippen LogP contribution in [0.2, 0.25) is 0 Å². The Morgan fingerprint density at radius 3 is 2.74 bits per heavy atom. The minimum Gasteiger partial charge on any atom is -0.489 e. The number of rotatable bonds is 6. The number of hydrogen-bond donors (Lipinski definition) is 3. The summed E-state index contributed by atoms with van der Waals surface area (Å²) in [5.41, 5.74) is 6.49. The number of nitrogens with zero attached hydrogens (tertiary/aromatic N) is 3. The molecule has 1 aliphatic heterocycles. The lowest BCUT2D eigenvalue weighted by atomic mass is 10.0. The Hall–Kier alpha value is -4.34. The highest BCUT2D eigenvalue weighted by molar-refractivity contribution is 7.17. The third-order valence-corrected chi connectivity index (χ3v) is 8.42. The molecule has 39 heavy (non-hydrogen) atoms. The summed E-state index contributed by atoms with van der Waals surface area (Å²) < 4.78 is 6.23. The van der Waals surface area contributed by atoms with E-state index in [-0.39, 0.29) is 11.9 Å². The van der Waals surface area contributed by atoms with Crippen LogP contribution >= 0.6 is 11.3 Å². The van der Waals surface area contributed by atoms with E-state index in [1.54, 1.807) is 19.3 Å². The molecule has 0 unspecified atom stereocenters. The number of benzene rings is 1. The molecule has 6 aromatic rings. The van der Waals surface area contributed by atoms with Crippen LogP contribution in [0.5, 0.6) is 5.75 Å². The maximum absolute atomic E-state index is 11.8. The van der Waals surface area contributed by atoms with E-state index in [0.717, 1.165) is 91.4 Å². The minimum atomic E-state index is 0.0729. The van der Waals surface area contributed by atoms with E-state index >= 15 is 0 Å². The highest BCUT2D eigenvalue weighted by Crippen LogP contribution is 2.37. The molecule has 1 fully saturated rings. The molecule has 1 aromatic carbocycles. The van der Waals surface area contributed by atoms with Crippen molar-refractivity contribution in [2.24, 2.45) is 0 Å². The van der Waals surface area contributed by atoms with Gasteiger partial charge >= 0.3 is 0 Å². The van der Waals surface area contributed by atoms with Gasteiger partial charge in [0.15, 0.2) is 5.78 Å². The van der Waals surface area contributed by atoms with Crippen LogP contribution in [0.3, 0.4) is 0 Å². The first kappa shape index (κ1) is 23.8. The van der Waals surface area contributed by atoms with Crippen molar-refractivity contribution in [1.29, 1.82) is 0 Å². The van der Waals surface area contributed by atoms with Crippen molar-refractivity contribution in [2.75, 3.05) is 13.1 Å². The van der Waals surface area contributed by atoms with Gasteiger partial charge in [0.1, 0.15) is 23.2 Å². The molecule has 5 aromatic heterocycles. The predicted octanol–water partition coefficient (Wildman–Crippen LogP) is 6.23. The number of carbonyl (C=O) groups excluding carboxylic acids is 1. The second-order valence-corrected chi connectivity index (χ2v) is 10.9. The van der Waals surface area contributed by atoms with E-state index < -0.39 is 0 Å². The number of piperidine rings is 1. The quantitative estimate of drug-likeness (QED) is 0.219. The summed E-state index contributed by atoms with van der Waals surface area (Å²) in [4.78, 5) is 26.1. The molecule has 0 radical (unpaired) electrons. The van der Waals surface area contributed by atoms with Crippen LogP contribution in [0.1, 0.15) is 29.4 Å². The van der Waals surface area contributed by atoms with E-state index in [2.05, 4.69) is 54.7 Å². The molecule has 6 heterocycles. The largest absolute Gasteiger partial charge is 0.489 e. The molecule has 194 valence electrons. The number of carbonyl (C=O) groups is 1. The Kier molecular flexibility index (Phi) is 5.94. The lowest BCUT2D eigenvalue weighted by Crippen LogP contribution is -2.34. The fourth-order valence-corrected chi connectivity index (χ4v) is 6.13. The molecule has 0 bridgehead atoms. The van der Waals surface area contributed by atoms with Crippen molar-refractivity contribution in [1.82, 2.24) is 30.5 Å². The number of Topliss-reactive ketones (excluding diaryl/α,β-unsaturated/α-hetero) is 1. The van der Waals surface area contributed by atoms with Crippen LogP contribution in [0.25, 0.3) is 54.9 Å². The van der Waals surface area contributed by atoms with Crippen molar-refractivity contribution < 1.29 is 9.53 Å². The highest BCUT2D eigenvalue weighted by Gasteiger charge is 2.17. The van der Waals surface area contributed by atoms with Gasteiger partial charge in [-0.25, -0.2) is 4.98 Å². The van der Waals surface area contributed by atoms with Crippen LogP contribution in [0.4, 0.5) is 0 Å². The Bertz CT molecular complexity index is 1830. The van der Waals surface area contributed by atoms with Gasteiger partial charge in [-0.2, -0.15) is 5.10 Å². The van der Waals surface area contributed by atoms with Crippen molar-refractivity contribution in [3.63, 3.8) is 0 Å². The van der Waals surface area contributed by atoms with E-state index in [0.29, 0.717) is 0 Å². The molecule has 0 saturated carbocycles. The number of thiophene rings is 1. The van der Waals surface area contributed by atoms with E-state index in [1.807, 2.05) is 30.5 Å². The molecule has 8 nitrogen and oxygen atoms in total. The molecular weight excluding hydrogens is 508 g/mol. The number of ether oxygens (including phenoxy) is 1. The van der Waals surface area contributed by atoms with Gasteiger partial charge in [-0.1, -0.05) is 6.07 Å². The molecule has 7 rings (SSSR count). The summed E-state index contributed by atoms with van der Waals surface area (Å²) in [6.07, 6.45) is 7.66. The lowest BCUT2D eigenvalue weighted by Gasteiger charge is -2.23. The number of fused-ring (bicyclic) bond motifs is 2. The van der Waals surface area contributed by atoms with Crippen LogP contribution in [0.15, 0.2) is 67.1 Å². The van der Waals surface area contributed by atoms with Gasteiger partial charge in [0.2, 0.25) is 0 Å². The summed E-state index contributed by atoms with van der Waals surface area (Å²) >= 11 is 1.50. The first-order valence-electron chi connectivity index (χ1n) is 13.0. The average Bonchev–Trinajstić information content (AvgIpc) is 3.71. The Morgan fingerprint density at radius 1 is 1.00 bits per heavy atom. The third-order valence-electron chi connectivity index (χ3n) is 7.20. The smallest absolute Gasteiger partial charge is 0.169 e. The topological polar surface area (TPSA) is 109 Å². The van der Waals surface area contributed by atoms with Crippen LogP contribution in [0, 0.1) is 0 Å². The van der Waals surface area contributed by atoms with Crippen molar-refractivity contribution in [3.8, 4) is 38.7 Å². The Balaban J connectivity index is 1.25. The molecule has 0 amide bonds.